The molecule has 2 heterocycles. The highest BCUT2D eigenvalue weighted by atomic mass is 16.5. The molecule has 0 bridgehead atoms. The lowest BCUT2D eigenvalue weighted by atomic mass is 9.94. The van der Waals surface area contributed by atoms with Crippen LogP contribution in [0.5, 0.6) is 11.5 Å². The van der Waals surface area contributed by atoms with Crippen molar-refractivity contribution in [1.29, 1.82) is 0 Å². The zero-order valence-electron chi connectivity index (χ0n) is 15.9. The normalized spacial score (nSPS) is 15.8. The number of methoxy groups -OCH3 is 1. The van der Waals surface area contributed by atoms with Crippen molar-refractivity contribution in [2.45, 2.75) is 26.0 Å². The molecule has 0 radical (unpaired) electrons. The molecule has 1 aromatic heterocycles. The van der Waals surface area contributed by atoms with Gasteiger partial charge in [0.2, 0.25) is 5.89 Å². The van der Waals surface area contributed by atoms with Gasteiger partial charge in [0.05, 0.1) is 13.2 Å². The highest BCUT2D eigenvalue weighted by molar-refractivity contribution is 5.92. The third kappa shape index (κ3) is 3.58. The van der Waals surface area contributed by atoms with Gasteiger partial charge in [-0.1, -0.05) is 36.4 Å². The molecule has 0 N–H and O–H groups in total. The van der Waals surface area contributed by atoms with E-state index in [0.717, 1.165) is 24.1 Å². The van der Waals surface area contributed by atoms with Gasteiger partial charge in [-0.3, -0.25) is 4.79 Å². The van der Waals surface area contributed by atoms with Gasteiger partial charge in [0.1, 0.15) is 6.26 Å². The summed E-state index contributed by atoms with van der Waals surface area (Å²) in [4.78, 5) is 18.9. The van der Waals surface area contributed by atoms with Crippen molar-refractivity contribution in [2.75, 3.05) is 13.7 Å². The van der Waals surface area contributed by atoms with Gasteiger partial charge in [-0.05, 0) is 36.6 Å². The first kappa shape index (κ1) is 18.1. The molecule has 28 heavy (non-hydrogen) atoms. The van der Waals surface area contributed by atoms with Gasteiger partial charge in [0.15, 0.2) is 23.8 Å². The van der Waals surface area contributed by atoms with Gasteiger partial charge < -0.3 is 18.8 Å². The number of amides is 1. The van der Waals surface area contributed by atoms with E-state index >= 15 is 0 Å². The van der Waals surface area contributed by atoms with Crippen LogP contribution in [0.25, 0.3) is 0 Å². The summed E-state index contributed by atoms with van der Waals surface area (Å²) in [6, 6.07) is 15.8. The van der Waals surface area contributed by atoms with E-state index in [1.165, 1.54) is 6.26 Å². The fraction of sp³-hybridized carbons (Fsp3) is 0.273. The Kier molecular flexibility index (Phi) is 5.02. The van der Waals surface area contributed by atoms with Gasteiger partial charge in [0.25, 0.3) is 5.91 Å². The molecule has 1 amide bonds. The van der Waals surface area contributed by atoms with E-state index in [2.05, 4.69) is 4.98 Å². The number of oxazole rings is 1. The maximum Gasteiger partial charge on any atom is 0.276 e. The molecule has 0 saturated carbocycles. The number of ether oxygens (including phenoxy) is 2. The predicted molar refractivity (Wildman–Crippen MR) is 103 cm³/mol. The topological polar surface area (TPSA) is 64.8 Å². The van der Waals surface area contributed by atoms with Gasteiger partial charge in [-0.25, -0.2) is 4.98 Å². The summed E-state index contributed by atoms with van der Waals surface area (Å²) in [6.07, 6.45) is 2.35. The Morgan fingerprint density at radius 3 is 2.75 bits per heavy atom. The number of aryl methyl sites for hydroxylation is 1. The lowest BCUT2D eigenvalue weighted by Crippen LogP contribution is -2.45. The first-order valence-corrected chi connectivity index (χ1v) is 9.23. The fourth-order valence-electron chi connectivity index (χ4n) is 3.31. The molecule has 3 aromatic rings. The summed E-state index contributed by atoms with van der Waals surface area (Å²) >= 11 is 0. The maximum absolute atomic E-state index is 12.8. The van der Waals surface area contributed by atoms with E-state index in [1.54, 1.807) is 7.11 Å². The lowest BCUT2D eigenvalue weighted by molar-refractivity contribution is 0.0454. The van der Waals surface area contributed by atoms with Crippen LogP contribution in [0.4, 0.5) is 0 Å². The standard InChI is InChI=1S/C22H22N2O4/c1-15-8-9-19(20(12-15)26-2)27-14-21-23-17(13-28-21)22(25)24-11-10-18(24)16-6-4-3-5-7-16/h3-9,12-13,18H,10-11,14H2,1-2H3/t18-/m1/s1. The molecule has 144 valence electrons. The average molecular weight is 378 g/mol. The minimum atomic E-state index is -0.122. The Morgan fingerprint density at radius 1 is 1.21 bits per heavy atom. The van der Waals surface area contributed by atoms with Gasteiger partial charge in [0, 0.05) is 6.54 Å². The third-order valence-electron chi connectivity index (χ3n) is 4.91. The molecular formula is C22H22N2O4. The van der Waals surface area contributed by atoms with E-state index in [4.69, 9.17) is 13.9 Å². The van der Waals surface area contributed by atoms with Crippen molar-refractivity contribution in [2.24, 2.45) is 0 Å². The molecule has 1 fully saturated rings. The minimum absolute atomic E-state index is 0.0990. The number of hydrogen-bond donors (Lipinski definition) is 0. The molecule has 2 aromatic carbocycles. The monoisotopic (exact) mass is 378 g/mol. The minimum Gasteiger partial charge on any atom is -0.493 e. The van der Waals surface area contributed by atoms with Crippen LogP contribution in [0.15, 0.2) is 59.2 Å². The summed E-state index contributed by atoms with van der Waals surface area (Å²) in [5, 5.41) is 0. The molecule has 1 aliphatic rings. The molecule has 6 nitrogen and oxygen atoms in total. The van der Waals surface area contributed by atoms with Crippen LogP contribution in [0.1, 0.15) is 40.0 Å². The molecule has 1 atom stereocenters. The van der Waals surface area contributed by atoms with Crippen molar-refractivity contribution in [3.63, 3.8) is 0 Å². The van der Waals surface area contributed by atoms with Gasteiger partial charge in [-0.15, -0.1) is 0 Å². The Hall–Kier alpha value is -3.28. The Balaban J connectivity index is 1.41. The zero-order chi connectivity index (χ0) is 19.5. The van der Waals surface area contributed by atoms with Crippen molar-refractivity contribution < 1.29 is 18.7 Å². The van der Waals surface area contributed by atoms with E-state index in [1.807, 2.05) is 60.4 Å². The summed E-state index contributed by atoms with van der Waals surface area (Å²) < 4.78 is 16.5. The van der Waals surface area contributed by atoms with Crippen molar-refractivity contribution in [3.8, 4) is 11.5 Å². The Labute approximate surface area is 163 Å². The number of rotatable bonds is 6. The highest BCUT2D eigenvalue weighted by Crippen LogP contribution is 2.34. The number of nitrogens with zero attached hydrogens (tertiary/aromatic N) is 2. The molecule has 4 rings (SSSR count). The third-order valence-corrected chi connectivity index (χ3v) is 4.91. The van der Waals surface area contributed by atoms with Crippen molar-refractivity contribution >= 4 is 5.91 Å². The van der Waals surface area contributed by atoms with Crippen LogP contribution in [0.2, 0.25) is 0 Å². The summed E-state index contributed by atoms with van der Waals surface area (Å²) in [5.41, 5.74) is 2.52. The van der Waals surface area contributed by atoms with Gasteiger partial charge in [-0.2, -0.15) is 0 Å². The number of aromatic nitrogens is 1. The SMILES string of the molecule is COc1cc(C)ccc1OCc1nc(C(=O)N2CC[C@@H]2c2ccccc2)co1. The predicted octanol–water partition coefficient (Wildman–Crippen LogP) is 4.16. The smallest absolute Gasteiger partial charge is 0.276 e. The van der Waals surface area contributed by atoms with Crippen LogP contribution in [0.3, 0.4) is 0 Å². The van der Waals surface area contributed by atoms with Crippen LogP contribution in [-0.4, -0.2) is 29.4 Å². The molecule has 6 heteroatoms. The second kappa shape index (κ2) is 7.76. The summed E-state index contributed by atoms with van der Waals surface area (Å²) in [5.74, 6) is 1.48. The maximum atomic E-state index is 12.8. The summed E-state index contributed by atoms with van der Waals surface area (Å²) in [7, 11) is 1.60. The van der Waals surface area contributed by atoms with E-state index < -0.39 is 0 Å². The summed E-state index contributed by atoms with van der Waals surface area (Å²) in [6.45, 7) is 2.82. The highest BCUT2D eigenvalue weighted by Gasteiger charge is 2.35. The molecular weight excluding hydrogens is 356 g/mol. The van der Waals surface area contributed by atoms with Gasteiger partial charge >= 0.3 is 0 Å². The molecule has 1 aliphatic heterocycles. The molecule has 0 spiro atoms. The first-order valence-electron chi connectivity index (χ1n) is 9.23. The first-order chi connectivity index (χ1) is 13.7. The molecule has 0 unspecified atom stereocenters. The average Bonchev–Trinajstić information content (AvgIpc) is 3.16. The second-order valence-electron chi connectivity index (χ2n) is 6.78. The Morgan fingerprint density at radius 2 is 2.04 bits per heavy atom. The van der Waals surface area contributed by atoms with Crippen molar-refractivity contribution in [1.82, 2.24) is 9.88 Å². The van der Waals surface area contributed by atoms with E-state index in [9.17, 15) is 4.79 Å². The molecule has 1 saturated heterocycles. The van der Waals surface area contributed by atoms with Crippen LogP contribution in [-0.2, 0) is 6.61 Å². The number of carbonyl (C=O) groups is 1. The van der Waals surface area contributed by atoms with Crippen LogP contribution < -0.4 is 9.47 Å². The molecule has 0 aliphatic carbocycles. The number of benzene rings is 2. The second-order valence-corrected chi connectivity index (χ2v) is 6.78. The number of carbonyl (C=O) groups excluding carboxylic acids is 1. The fourth-order valence-corrected chi connectivity index (χ4v) is 3.31. The Bertz CT molecular complexity index is 968. The quantitative estimate of drug-likeness (QED) is 0.644. The number of likely N-dealkylation sites (tertiary alicyclic amines) is 1. The largest absolute Gasteiger partial charge is 0.493 e. The van der Waals surface area contributed by atoms with Crippen LogP contribution in [0, 0.1) is 6.92 Å². The van der Waals surface area contributed by atoms with E-state index in [-0.39, 0.29) is 18.6 Å². The van der Waals surface area contributed by atoms with Crippen molar-refractivity contribution in [3.05, 3.63) is 77.5 Å². The number of hydrogen-bond acceptors (Lipinski definition) is 5. The zero-order valence-corrected chi connectivity index (χ0v) is 15.9. The lowest BCUT2D eigenvalue weighted by Gasteiger charge is -2.40. The van der Waals surface area contributed by atoms with Crippen LogP contribution >= 0.6 is 0 Å². The van der Waals surface area contributed by atoms with E-state index in [0.29, 0.717) is 23.1 Å².